The van der Waals surface area contributed by atoms with Gasteiger partial charge in [-0.25, -0.2) is 0 Å². The van der Waals surface area contributed by atoms with Gasteiger partial charge in [-0.2, -0.15) is 0 Å². The SMILES string of the molecule is COC1=C\C(=C/C=C(O)/C=C(\O)C/C=C2\C=CC(=O)C(OC)=C2)C=CC1=O. The zero-order chi connectivity index (χ0) is 19.8. The van der Waals surface area contributed by atoms with Crippen LogP contribution in [0.2, 0.25) is 0 Å². The average molecular weight is 368 g/mol. The van der Waals surface area contributed by atoms with E-state index in [0.29, 0.717) is 11.1 Å². The third-order valence-electron chi connectivity index (χ3n) is 3.68. The third kappa shape index (κ3) is 5.74. The molecule has 0 spiro atoms. The molecular formula is C21H20O6. The Morgan fingerprint density at radius 3 is 2.07 bits per heavy atom. The number of carbonyl (C=O) groups is 2. The molecule has 0 amide bonds. The zero-order valence-corrected chi connectivity index (χ0v) is 15.0. The fourth-order valence-corrected chi connectivity index (χ4v) is 2.28. The Kier molecular flexibility index (Phi) is 6.77. The second kappa shape index (κ2) is 9.24. The minimum atomic E-state index is -0.224. The van der Waals surface area contributed by atoms with Gasteiger partial charge < -0.3 is 19.7 Å². The maximum Gasteiger partial charge on any atom is 0.220 e. The second-order valence-corrected chi connectivity index (χ2v) is 5.62. The van der Waals surface area contributed by atoms with Crippen LogP contribution in [0, 0.1) is 0 Å². The maximum absolute atomic E-state index is 11.5. The average Bonchev–Trinajstić information content (AvgIpc) is 2.66. The highest BCUT2D eigenvalue weighted by Crippen LogP contribution is 2.16. The summed E-state index contributed by atoms with van der Waals surface area (Å²) in [5.41, 5.74) is 1.38. The molecule has 27 heavy (non-hydrogen) atoms. The molecule has 2 rings (SSSR count). The Morgan fingerprint density at radius 2 is 1.48 bits per heavy atom. The van der Waals surface area contributed by atoms with Crippen LogP contribution in [0.1, 0.15) is 6.42 Å². The summed E-state index contributed by atoms with van der Waals surface area (Å²) in [6.45, 7) is 0. The van der Waals surface area contributed by atoms with Crippen LogP contribution in [0.4, 0.5) is 0 Å². The summed E-state index contributed by atoms with van der Waals surface area (Å²) < 4.78 is 9.92. The molecule has 6 nitrogen and oxygen atoms in total. The lowest BCUT2D eigenvalue weighted by Crippen LogP contribution is -2.04. The lowest BCUT2D eigenvalue weighted by atomic mass is 10.1. The molecule has 0 atom stereocenters. The van der Waals surface area contributed by atoms with E-state index >= 15 is 0 Å². The summed E-state index contributed by atoms with van der Waals surface area (Å²) in [4.78, 5) is 22.9. The first kappa shape index (κ1) is 19.8. The van der Waals surface area contributed by atoms with Crippen molar-refractivity contribution in [3.63, 3.8) is 0 Å². The Hall–Kier alpha value is -3.54. The molecule has 0 aromatic rings. The molecule has 0 aromatic carbocycles. The molecule has 0 heterocycles. The van der Waals surface area contributed by atoms with Crippen molar-refractivity contribution >= 4 is 11.6 Å². The van der Waals surface area contributed by atoms with E-state index in [-0.39, 0.29) is 41.0 Å². The lowest BCUT2D eigenvalue weighted by molar-refractivity contribution is -0.114. The van der Waals surface area contributed by atoms with Crippen molar-refractivity contribution in [2.75, 3.05) is 14.2 Å². The highest BCUT2D eigenvalue weighted by Gasteiger charge is 2.11. The van der Waals surface area contributed by atoms with Gasteiger partial charge in [0.25, 0.3) is 0 Å². The number of rotatable bonds is 6. The largest absolute Gasteiger partial charge is 0.512 e. The van der Waals surface area contributed by atoms with Crippen molar-refractivity contribution in [3.05, 3.63) is 94.9 Å². The van der Waals surface area contributed by atoms with Gasteiger partial charge in [-0.3, -0.25) is 9.59 Å². The number of hydrogen-bond donors (Lipinski definition) is 2. The number of allylic oxidation sites excluding steroid dienone is 12. The van der Waals surface area contributed by atoms with Gasteiger partial charge in [-0.05, 0) is 41.5 Å². The minimum absolute atomic E-state index is 0.0604. The van der Waals surface area contributed by atoms with Crippen molar-refractivity contribution in [2.24, 2.45) is 0 Å². The Balaban J connectivity index is 2.04. The van der Waals surface area contributed by atoms with Gasteiger partial charge in [0, 0.05) is 12.5 Å². The van der Waals surface area contributed by atoms with Crippen molar-refractivity contribution in [2.45, 2.75) is 6.42 Å². The smallest absolute Gasteiger partial charge is 0.220 e. The molecule has 0 aliphatic heterocycles. The number of aliphatic hydroxyl groups is 2. The van der Waals surface area contributed by atoms with Crippen LogP contribution in [0.5, 0.6) is 0 Å². The molecule has 0 aromatic heterocycles. The van der Waals surface area contributed by atoms with Crippen LogP contribution in [0.3, 0.4) is 0 Å². The van der Waals surface area contributed by atoms with E-state index in [0.717, 1.165) is 0 Å². The molecular weight excluding hydrogens is 348 g/mol. The number of aliphatic hydroxyl groups excluding tert-OH is 2. The maximum atomic E-state index is 11.5. The topological polar surface area (TPSA) is 93.1 Å². The predicted octanol–water partition coefficient (Wildman–Crippen LogP) is 3.45. The molecule has 0 radical (unpaired) electrons. The van der Waals surface area contributed by atoms with E-state index in [2.05, 4.69) is 0 Å². The van der Waals surface area contributed by atoms with E-state index in [1.54, 1.807) is 36.5 Å². The van der Waals surface area contributed by atoms with E-state index in [4.69, 9.17) is 9.47 Å². The second-order valence-electron chi connectivity index (χ2n) is 5.62. The summed E-state index contributed by atoms with van der Waals surface area (Å²) in [6.07, 6.45) is 15.2. The Labute approximate surface area is 157 Å². The standard InChI is InChI=1S/C21H20O6/c1-26-20-11-14(5-9-18(20)24)3-7-16(22)13-17(23)8-4-15-6-10-19(25)21(12-15)27-2/h3-7,9-13,22-23H,8H2,1-2H3/b14-3-,15-4+,16-7-,17-13-. The van der Waals surface area contributed by atoms with Crippen molar-refractivity contribution in [1.29, 1.82) is 0 Å². The molecule has 140 valence electrons. The molecule has 2 aliphatic carbocycles. The molecule has 2 N–H and O–H groups in total. The zero-order valence-electron chi connectivity index (χ0n) is 15.0. The van der Waals surface area contributed by atoms with Gasteiger partial charge >= 0.3 is 0 Å². The van der Waals surface area contributed by atoms with Crippen LogP contribution in [-0.2, 0) is 19.1 Å². The van der Waals surface area contributed by atoms with E-state index in [9.17, 15) is 19.8 Å². The molecule has 0 fully saturated rings. The van der Waals surface area contributed by atoms with Gasteiger partial charge in [0.1, 0.15) is 5.76 Å². The highest BCUT2D eigenvalue weighted by atomic mass is 16.5. The fraction of sp³-hybridized carbons (Fsp3) is 0.143. The van der Waals surface area contributed by atoms with E-state index < -0.39 is 0 Å². The molecule has 6 heteroatoms. The van der Waals surface area contributed by atoms with E-state index in [1.807, 2.05) is 0 Å². The van der Waals surface area contributed by atoms with Crippen LogP contribution in [0.15, 0.2) is 94.9 Å². The van der Waals surface area contributed by atoms with Crippen molar-refractivity contribution in [1.82, 2.24) is 0 Å². The van der Waals surface area contributed by atoms with Gasteiger partial charge in [0.2, 0.25) is 11.6 Å². The predicted molar refractivity (Wildman–Crippen MR) is 101 cm³/mol. The van der Waals surface area contributed by atoms with Gasteiger partial charge in [-0.1, -0.05) is 24.3 Å². The van der Waals surface area contributed by atoms with E-state index in [1.165, 1.54) is 38.5 Å². The highest BCUT2D eigenvalue weighted by molar-refractivity contribution is 6.05. The van der Waals surface area contributed by atoms with Crippen molar-refractivity contribution < 1.29 is 29.3 Å². The summed E-state index contributed by atoms with van der Waals surface area (Å²) in [5.74, 6) is -0.216. The molecule has 0 saturated carbocycles. The number of methoxy groups -OCH3 is 2. The number of hydrogen-bond acceptors (Lipinski definition) is 6. The molecule has 2 aliphatic rings. The monoisotopic (exact) mass is 368 g/mol. The number of ketones is 2. The first-order valence-electron chi connectivity index (χ1n) is 8.09. The fourth-order valence-electron chi connectivity index (χ4n) is 2.28. The third-order valence-corrected chi connectivity index (χ3v) is 3.68. The van der Waals surface area contributed by atoms with Crippen LogP contribution in [-0.4, -0.2) is 36.0 Å². The lowest BCUT2D eigenvalue weighted by Gasteiger charge is -2.07. The molecule has 0 saturated heterocycles. The van der Waals surface area contributed by atoms with Crippen LogP contribution < -0.4 is 0 Å². The normalized spacial score (nSPS) is 20.8. The van der Waals surface area contributed by atoms with Crippen molar-refractivity contribution in [3.8, 4) is 0 Å². The molecule has 0 unspecified atom stereocenters. The van der Waals surface area contributed by atoms with Crippen LogP contribution in [0.25, 0.3) is 0 Å². The van der Waals surface area contributed by atoms with Gasteiger partial charge in [0.05, 0.1) is 20.0 Å². The number of carbonyl (C=O) groups excluding carboxylic acids is 2. The van der Waals surface area contributed by atoms with Gasteiger partial charge in [-0.15, -0.1) is 0 Å². The Bertz CT molecular complexity index is 872. The first-order chi connectivity index (χ1) is 12.9. The first-order valence-corrected chi connectivity index (χ1v) is 8.09. The van der Waals surface area contributed by atoms with Crippen LogP contribution >= 0.6 is 0 Å². The summed E-state index contributed by atoms with van der Waals surface area (Å²) >= 11 is 0. The molecule has 0 bridgehead atoms. The summed E-state index contributed by atoms with van der Waals surface area (Å²) in [6, 6.07) is 0. The van der Waals surface area contributed by atoms with Gasteiger partial charge in [0.15, 0.2) is 11.5 Å². The number of ether oxygens (including phenoxy) is 2. The quantitative estimate of drug-likeness (QED) is 0.551. The minimum Gasteiger partial charge on any atom is -0.512 e. The summed E-state index contributed by atoms with van der Waals surface area (Å²) in [7, 11) is 2.82. The summed E-state index contributed by atoms with van der Waals surface area (Å²) in [5, 5.41) is 19.8. The Morgan fingerprint density at radius 1 is 0.926 bits per heavy atom.